The van der Waals surface area contributed by atoms with E-state index in [4.69, 9.17) is 9.97 Å². The summed E-state index contributed by atoms with van der Waals surface area (Å²) in [5, 5.41) is 2.39. The van der Waals surface area contributed by atoms with E-state index in [1.54, 1.807) is 0 Å². The first kappa shape index (κ1) is 47.3. The van der Waals surface area contributed by atoms with E-state index in [9.17, 15) is 0 Å². The fourth-order valence-corrected chi connectivity index (χ4v) is 7.99. The zero-order valence-electron chi connectivity index (χ0n) is 40.9. The van der Waals surface area contributed by atoms with Gasteiger partial charge < -0.3 is 4.98 Å². The van der Waals surface area contributed by atoms with Gasteiger partial charge in [0.2, 0.25) is 0 Å². The van der Waals surface area contributed by atoms with Gasteiger partial charge in [0.1, 0.15) is 0 Å². The van der Waals surface area contributed by atoms with Gasteiger partial charge in [-0.2, -0.15) is 29.8 Å². The third kappa shape index (κ3) is 9.79. The number of fused-ring (bicyclic) bond motifs is 3. The number of pyridine rings is 1. The summed E-state index contributed by atoms with van der Waals surface area (Å²) in [6.45, 7) is 41.3. The molecule has 0 aliphatic carbocycles. The molecule has 0 N–H and O–H groups in total. The van der Waals surface area contributed by atoms with Crippen molar-refractivity contribution in [3.8, 4) is 44.8 Å². The van der Waals surface area contributed by atoms with Crippen LogP contribution in [-0.4, -0.2) is 4.98 Å². The quantitative estimate of drug-likeness (QED) is 0.130. The molecule has 2 aromatic heterocycles. The predicted molar refractivity (Wildman–Crippen MR) is 264 cm³/mol. The Kier molecular flexibility index (Phi) is 12.3. The molecule has 0 unspecified atom stereocenters. The van der Waals surface area contributed by atoms with Crippen molar-refractivity contribution in [3.05, 3.63) is 137 Å². The predicted octanol–water partition coefficient (Wildman–Crippen LogP) is 16.4. The van der Waals surface area contributed by atoms with Gasteiger partial charge >= 0.3 is 22.4 Å². The van der Waals surface area contributed by atoms with E-state index in [1.165, 1.54) is 49.7 Å². The topological polar surface area (TPSA) is 27.0 Å². The summed E-state index contributed by atoms with van der Waals surface area (Å²) >= 11 is 0. The molecule has 2 heterocycles. The number of rotatable bonds is 4. The van der Waals surface area contributed by atoms with Crippen molar-refractivity contribution in [2.75, 3.05) is 0 Å². The normalized spacial score (nSPS) is 13.2. The van der Waals surface area contributed by atoms with E-state index in [0.29, 0.717) is 0 Å². The summed E-state index contributed by atoms with van der Waals surface area (Å²) < 4.78 is 0. The van der Waals surface area contributed by atoms with E-state index in [-0.39, 0.29) is 54.9 Å². The average Bonchev–Trinajstić information content (AvgIpc) is 3.53. The standard InChI is InChI=1S/C59H69N2.Au/c1-54(2,3)41-22-23-52-47(33-41)48-34-46(59(16,17)18)35-49(53(48)61-52)51-21-19-20-50(60-51)40-25-36(38-27-42(55(4,5)6)31-43(28-38)56(7,8)9)24-37(26-40)39-29-44(57(10,11)12)32-45(30-39)58(13,14)15;/h19-25,27-29,31-35H,1-18H3;/q-3;+3. The van der Waals surface area contributed by atoms with Gasteiger partial charge in [0.15, 0.2) is 0 Å². The Bertz CT molecular complexity index is 2630. The molecule has 0 radical (unpaired) electrons. The summed E-state index contributed by atoms with van der Waals surface area (Å²) in [5.41, 5.74) is 17.8. The Morgan fingerprint density at radius 2 is 0.887 bits per heavy atom. The molecule has 0 aliphatic rings. The number of aromatic nitrogens is 2. The zero-order valence-corrected chi connectivity index (χ0v) is 43.0. The second-order valence-electron chi connectivity index (χ2n) is 23.9. The van der Waals surface area contributed by atoms with Crippen LogP contribution in [0.4, 0.5) is 0 Å². The van der Waals surface area contributed by atoms with Gasteiger partial charge in [-0.3, -0.25) is 4.98 Å². The minimum absolute atomic E-state index is 0. The smallest absolute Gasteiger partial charge is 0.656 e. The van der Waals surface area contributed by atoms with E-state index < -0.39 is 0 Å². The van der Waals surface area contributed by atoms with Gasteiger partial charge in [-0.25, -0.2) is 5.56 Å². The van der Waals surface area contributed by atoms with Crippen LogP contribution in [0.3, 0.4) is 0 Å². The molecule has 5 aromatic carbocycles. The molecule has 3 heteroatoms. The number of benzene rings is 5. The fraction of sp³-hybridized carbons (Fsp3) is 0.407. The van der Waals surface area contributed by atoms with Crippen LogP contribution in [0.1, 0.15) is 158 Å². The molecule has 0 saturated heterocycles. The van der Waals surface area contributed by atoms with Crippen LogP contribution in [0.5, 0.6) is 0 Å². The molecule has 0 bridgehead atoms. The summed E-state index contributed by atoms with van der Waals surface area (Å²) in [6.07, 6.45) is 0. The van der Waals surface area contributed by atoms with E-state index in [0.717, 1.165) is 50.2 Å². The summed E-state index contributed by atoms with van der Waals surface area (Å²) in [4.78, 5) is 10.8. The van der Waals surface area contributed by atoms with Crippen molar-refractivity contribution in [3.63, 3.8) is 0 Å². The van der Waals surface area contributed by atoms with Gasteiger partial charge in [0.05, 0.1) is 5.69 Å². The molecule has 2 nitrogen and oxygen atoms in total. The van der Waals surface area contributed by atoms with Gasteiger partial charge in [-0.05, 0) is 82.7 Å². The SMILES string of the molecule is CC(C)(C)c1[c-]c(-c2[c-]c(-c3cccc(-c4cc(C(C)(C)C)cc5c4[n-]c4ccc(C(C)(C)C)cc45)n3)cc(-c3cc(C(C)(C)C)cc(C(C)(C)C)c3)c2)cc(C(C)(C)C)c1.[Au+3]. The third-order valence-corrected chi connectivity index (χ3v) is 12.4. The molecular weight excluding hydrogens is 934 g/mol. The summed E-state index contributed by atoms with van der Waals surface area (Å²) in [7, 11) is 0. The first-order valence-electron chi connectivity index (χ1n) is 22.3. The number of nitrogens with zero attached hydrogens (tertiary/aromatic N) is 2. The van der Waals surface area contributed by atoms with Crippen molar-refractivity contribution in [1.82, 2.24) is 9.97 Å². The Morgan fingerprint density at radius 3 is 1.45 bits per heavy atom. The Balaban J connectivity index is 0.00000641. The largest absolute Gasteiger partial charge is 3.00 e. The molecule has 0 aliphatic heterocycles. The molecule has 7 rings (SSSR count). The van der Waals surface area contributed by atoms with Gasteiger partial charge in [-0.15, -0.1) is 39.9 Å². The van der Waals surface area contributed by atoms with Crippen LogP contribution in [-0.2, 0) is 54.9 Å². The van der Waals surface area contributed by atoms with Crippen molar-refractivity contribution in [1.29, 1.82) is 0 Å². The summed E-state index contributed by atoms with van der Waals surface area (Å²) in [5.74, 6) is 0. The minimum atomic E-state index is -0.0735. The van der Waals surface area contributed by atoms with Gasteiger partial charge in [-0.1, -0.05) is 191 Å². The Morgan fingerprint density at radius 1 is 0.403 bits per heavy atom. The second-order valence-corrected chi connectivity index (χ2v) is 23.9. The van der Waals surface area contributed by atoms with E-state index in [1.807, 2.05) is 0 Å². The molecular formula is C59H69AuN2. The first-order chi connectivity index (χ1) is 28.0. The first-order valence-corrected chi connectivity index (χ1v) is 22.3. The molecule has 7 aromatic rings. The van der Waals surface area contributed by atoms with Crippen molar-refractivity contribution < 1.29 is 22.4 Å². The van der Waals surface area contributed by atoms with Gasteiger partial charge in [0.25, 0.3) is 0 Å². The molecule has 62 heavy (non-hydrogen) atoms. The Hall–Kier alpha value is -4.21. The average molecular weight is 1000 g/mol. The molecule has 0 amide bonds. The maximum Gasteiger partial charge on any atom is 3.00 e. The van der Waals surface area contributed by atoms with E-state index in [2.05, 4.69) is 228 Å². The monoisotopic (exact) mass is 1000 g/mol. The van der Waals surface area contributed by atoms with Crippen LogP contribution in [0.25, 0.3) is 66.6 Å². The molecule has 326 valence electrons. The van der Waals surface area contributed by atoms with Crippen LogP contribution in [0.2, 0.25) is 0 Å². The van der Waals surface area contributed by atoms with Crippen LogP contribution >= 0.6 is 0 Å². The van der Waals surface area contributed by atoms with E-state index >= 15 is 0 Å². The van der Waals surface area contributed by atoms with Crippen molar-refractivity contribution in [2.24, 2.45) is 0 Å². The maximum absolute atomic E-state index is 5.53. The van der Waals surface area contributed by atoms with Crippen LogP contribution in [0, 0.1) is 12.1 Å². The Labute approximate surface area is 390 Å². The fourth-order valence-electron chi connectivity index (χ4n) is 7.99. The molecule has 0 saturated carbocycles. The van der Waals surface area contributed by atoms with Crippen LogP contribution < -0.4 is 4.98 Å². The van der Waals surface area contributed by atoms with Crippen molar-refractivity contribution >= 4 is 21.8 Å². The minimum Gasteiger partial charge on any atom is -0.656 e. The zero-order chi connectivity index (χ0) is 44.8. The van der Waals surface area contributed by atoms with Crippen molar-refractivity contribution in [2.45, 2.75) is 157 Å². The second kappa shape index (κ2) is 16.1. The third-order valence-electron chi connectivity index (χ3n) is 12.4. The molecule has 0 spiro atoms. The number of hydrogen-bond acceptors (Lipinski definition) is 1. The molecule has 0 atom stereocenters. The summed E-state index contributed by atoms with van der Waals surface area (Å²) in [6, 6.07) is 42.2. The number of hydrogen-bond donors (Lipinski definition) is 0. The van der Waals surface area contributed by atoms with Gasteiger partial charge in [0, 0.05) is 5.69 Å². The maximum atomic E-state index is 5.53. The van der Waals surface area contributed by atoms with Crippen LogP contribution in [0.15, 0.2) is 91.0 Å². The molecule has 0 fully saturated rings.